The topological polar surface area (TPSA) is 42.8 Å². The molecule has 3 rings (SSSR count). The maximum Gasteiger partial charge on any atom is 0.162 e. The van der Waals surface area contributed by atoms with Crippen LogP contribution in [0.15, 0.2) is 84.0 Å². The van der Waals surface area contributed by atoms with Gasteiger partial charge in [0.15, 0.2) is 11.5 Å². The fraction of sp³-hybridized carbons (Fsp3) is 0.0952. The Labute approximate surface area is 147 Å². The molecular weight excluding hydrogens is 312 g/mol. The Hall–Kier alpha value is -3.27. The molecule has 0 saturated carbocycles. The van der Waals surface area contributed by atoms with Crippen LogP contribution in [0.25, 0.3) is 0 Å². The zero-order chi connectivity index (χ0) is 17.3. The van der Waals surface area contributed by atoms with Crippen LogP contribution < -0.4 is 14.9 Å². The molecule has 0 heterocycles. The number of rotatable bonds is 7. The molecule has 0 spiro atoms. The smallest absolute Gasteiger partial charge is 0.162 e. The van der Waals surface area contributed by atoms with E-state index >= 15 is 0 Å². The fourth-order valence-corrected chi connectivity index (χ4v) is 2.32. The number of para-hydroxylation sites is 1. The summed E-state index contributed by atoms with van der Waals surface area (Å²) < 4.78 is 11.3. The predicted octanol–water partition coefficient (Wildman–Crippen LogP) is 4.72. The second-order valence-electron chi connectivity index (χ2n) is 5.42. The number of nitrogens with zero attached hydrogens (tertiary/aromatic N) is 1. The van der Waals surface area contributed by atoms with Crippen LogP contribution in [0, 0.1) is 0 Å². The lowest BCUT2D eigenvalue weighted by Gasteiger charge is -2.11. The minimum atomic E-state index is 0.486. The van der Waals surface area contributed by atoms with Gasteiger partial charge in [-0.3, -0.25) is 5.43 Å². The third-order valence-electron chi connectivity index (χ3n) is 3.61. The van der Waals surface area contributed by atoms with E-state index in [1.54, 1.807) is 13.3 Å². The van der Waals surface area contributed by atoms with E-state index in [4.69, 9.17) is 9.47 Å². The third kappa shape index (κ3) is 4.85. The molecule has 4 heteroatoms. The zero-order valence-electron chi connectivity index (χ0n) is 14.1. The maximum atomic E-state index is 5.91. The minimum Gasteiger partial charge on any atom is -0.493 e. The van der Waals surface area contributed by atoms with Crippen LogP contribution in [0.1, 0.15) is 11.1 Å². The van der Waals surface area contributed by atoms with Gasteiger partial charge in [0.05, 0.1) is 19.0 Å². The molecule has 25 heavy (non-hydrogen) atoms. The highest BCUT2D eigenvalue weighted by atomic mass is 16.5. The van der Waals surface area contributed by atoms with Gasteiger partial charge in [0, 0.05) is 0 Å². The van der Waals surface area contributed by atoms with Crippen molar-refractivity contribution in [3.05, 3.63) is 90.0 Å². The number of nitrogens with one attached hydrogen (secondary N) is 1. The van der Waals surface area contributed by atoms with Crippen molar-refractivity contribution in [3.63, 3.8) is 0 Å². The quantitative estimate of drug-likeness (QED) is 0.503. The monoisotopic (exact) mass is 332 g/mol. The zero-order valence-corrected chi connectivity index (χ0v) is 14.1. The number of hydrogen-bond donors (Lipinski definition) is 1. The van der Waals surface area contributed by atoms with Gasteiger partial charge in [0.1, 0.15) is 6.61 Å². The minimum absolute atomic E-state index is 0.486. The summed E-state index contributed by atoms with van der Waals surface area (Å²) in [5, 5.41) is 4.26. The van der Waals surface area contributed by atoms with Crippen molar-refractivity contribution in [3.8, 4) is 11.5 Å². The Balaban J connectivity index is 1.68. The third-order valence-corrected chi connectivity index (χ3v) is 3.61. The van der Waals surface area contributed by atoms with Gasteiger partial charge >= 0.3 is 0 Å². The fourth-order valence-electron chi connectivity index (χ4n) is 2.32. The molecule has 0 aromatic heterocycles. The Kier molecular flexibility index (Phi) is 5.67. The molecule has 0 aliphatic carbocycles. The van der Waals surface area contributed by atoms with Crippen LogP contribution in [0.5, 0.6) is 11.5 Å². The Morgan fingerprint density at radius 1 is 0.880 bits per heavy atom. The average molecular weight is 332 g/mol. The Morgan fingerprint density at radius 2 is 1.60 bits per heavy atom. The van der Waals surface area contributed by atoms with E-state index in [-0.39, 0.29) is 0 Å². The number of anilines is 1. The number of benzene rings is 3. The summed E-state index contributed by atoms with van der Waals surface area (Å²) in [5.74, 6) is 1.39. The van der Waals surface area contributed by atoms with Crippen LogP contribution in [-0.2, 0) is 6.61 Å². The van der Waals surface area contributed by atoms with Crippen molar-refractivity contribution in [2.75, 3.05) is 12.5 Å². The van der Waals surface area contributed by atoms with E-state index in [0.29, 0.717) is 18.1 Å². The lowest BCUT2D eigenvalue weighted by molar-refractivity contribution is 0.284. The van der Waals surface area contributed by atoms with Crippen LogP contribution in [0.2, 0.25) is 0 Å². The van der Waals surface area contributed by atoms with Gasteiger partial charge in [0.2, 0.25) is 0 Å². The Morgan fingerprint density at radius 3 is 2.32 bits per heavy atom. The summed E-state index contributed by atoms with van der Waals surface area (Å²) in [4.78, 5) is 0. The van der Waals surface area contributed by atoms with Crippen molar-refractivity contribution < 1.29 is 9.47 Å². The van der Waals surface area contributed by atoms with E-state index in [2.05, 4.69) is 10.5 Å². The summed E-state index contributed by atoms with van der Waals surface area (Å²) in [5.41, 5.74) is 5.96. The lowest BCUT2D eigenvalue weighted by atomic mass is 10.2. The van der Waals surface area contributed by atoms with E-state index in [9.17, 15) is 0 Å². The summed E-state index contributed by atoms with van der Waals surface area (Å²) in [7, 11) is 1.63. The molecule has 1 N–H and O–H groups in total. The van der Waals surface area contributed by atoms with Gasteiger partial charge in [-0.05, 0) is 41.5 Å². The molecule has 0 aliphatic heterocycles. The van der Waals surface area contributed by atoms with Gasteiger partial charge in [-0.25, -0.2) is 0 Å². The van der Waals surface area contributed by atoms with Crippen LogP contribution in [0.4, 0.5) is 5.69 Å². The first-order valence-corrected chi connectivity index (χ1v) is 8.04. The van der Waals surface area contributed by atoms with E-state index < -0.39 is 0 Å². The molecular formula is C21H20N2O2. The molecule has 0 amide bonds. The second-order valence-corrected chi connectivity index (χ2v) is 5.42. The SMILES string of the molecule is COc1ccc(/C=N/Nc2ccccc2)cc1OCc1ccccc1. The molecule has 0 saturated heterocycles. The number of methoxy groups -OCH3 is 1. The highest BCUT2D eigenvalue weighted by Crippen LogP contribution is 2.28. The van der Waals surface area contributed by atoms with Crippen molar-refractivity contribution >= 4 is 11.9 Å². The van der Waals surface area contributed by atoms with Gasteiger partial charge < -0.3 is 9.47 Å². The molecule has 0 atom stereocenters. The first kappa shape index (κ1) is 16.6. The summed E-state index contributed by atoms with van der Waals surface area (Å²) in [6.45, 7) is 0.486. The highest BCUT2D eigenvalue weighted by molar-refractivity contribution is 5.81. The molecule has 3 aromatic carbocycles. The van der Waals surface area contributed by atoms with Crippen molar-refractivity contribution in [2.45, 2.75) is 6.61 Å². The maximum absolute atomic E-state index is 5.91. The molecule has 3 aromatic rings. The van der Waals surface area contributed by atoms with Crippen LogP contribution in [-0.4, -0.2) is 13.3 Å². The summed E-state index contributed by atoms with van der Waals surface area (Å²) in [6.07, 6.45) is 1.75. The number of ether oxygens (including phenoxy) is 2. The number of hydrazone groups is 1. The van der Waals surface area contributed by atoms with E-state index in [1.807, 2.05) is 78.9 Å². The molecule has 126 valence electrons. The predicted molar refractivity (Wildman–Crippen MR) is 101 cm³/mol. The van der Waals surface area contributed by atoms with Gasteiger partial charge in [-0.2, -0.15) is 5.10 Å². The first-order chi connectivity index (χ1) is 12.3. The largest absolute Gasteiger partial charge is 0.493 e. The van der Waals surface area contributed by atoms with Gasteiger partial charge in [0.25, 0.3) is 0 Å². The number of hydrogen-bond acceptors (Lipinski definition) is 4. The van der Waals surface area contributed by atoms with Crippen molar-refractivity contribution in [1.82, 2.24) is 0 Å². The average Bonchev–Trinajstić information content (AvgIpc) is 2.68. The first-order valence-electron chi connectivity index (χ1n) is 8.04. The van der Waals surface area contributed by atoms with E-state index in [1.165, 1.54) is 0 Å². The van der Waals surface area contributed by atoms with Crippen molar-refractivity contribution in [2.24, 2.45) is 5.10 Å². The van der Waals surface area contributed by atoms with Crippen LogP contribution >= 0.6 is 0 Å². The molecule has 0 unspecified atom stereocenters. The molecule has 0 aliphatic rings. The Bertz CT molecular complexity index is 818. The van der Waals surface area contributed by atoms with Crippen molar-refractivity contribution in [1.29, 1.82) is 0 Å². The summed E-state index contributed by atoms with van der Waals surface area (Å²) in [6, 6.07) is 25.6. The van der Waals surface area contributed by atoms with Crippen LogP contribution in [0.3, 0.4) is 0 Å². The molecule has 0 fully saturated rings. The molecule has 0 radical (unpaired) electrons. The van der Waals surface area contributed by atoms with Gasteiger partial charge in [-0.1, -0.05) is 48.5 Å². The lowest BCUT2D eigenvalue weighted by Crippen LogP contribution is -1.99. The standard InChI is InChI=1S/C21H20N2O2/c1-24-20-13-12-18(15-22-23-19-10-6-3-7-11-19)14-21(20)25-16-17-8-4-2-5-9-17/h2-15,23H,16H2,1H3/b22-15+. The molecule has 0 bridgehead atoms. The molecule has 4 nitrogen and oxygen atoms in total. The second kappa shape index (κ2) is 8.55. The summed E-state index contributed by atoms with van der Waals surface area (Å²) >= 11 is 0. The highest BCUT2D eigenvalue weighted by Gasteiger charge is 2.05. The normalized spacial score (nSPS) is 10.6. The van der Waals surface area contributed by atoms with Gasteiger partial charge in [-0.15, -0.1) is 0 Å². The van der Waals surface area contributed by atoms with E-state index in [0.717, 1.165) is 16.8 Å².